The molecule has 0 radical (unpaired) electrons. The van der Waals surface area contributed by atoms with Crippen molar-refractivity contribution in [3.05, 3.63) is 90.5 Å². The van der Waals surface area contributed by atoms with E-state index in [1.807, 2.05) is 83.2 Å². The number of amides is 2. The second-order valence-corrected chi connectivity index (χ2v) is 9.82. The van der Waals surface area contributed by atoms with Gasteiger partial charge in [0, 0.05) is 49.0 Å². The zero-order valence-corrected chi connectivity index (χ0v) is 19.7. The Bertz CT molecular complexity index is 1390. The fraction of sp³-hybridized carbons (Fsp3) is 0.286. The van der Waals surface area contributed by atoms with Crippen LogP contribution in [0.4, 0.5) is 0 Å². The van der Waals surface area contributed by atoms with Gasteiger partial charge in [-0.3, -0.25) is 9.59 Å². The molecule has 2 aliphatic rings. The first-order chi connectivity index (χ1) is 17.0. The molecule has 4 aromatic rings. The summed E-state index contributed by atoms with van der Waals surface area (Å²) in [4.78, 5) is 31.3. The molecule has 3 N–H and O–H groups in total. The van der Waals surface area contributed by atoms with Crippen molar-refractivity contribution in [1.29, 1.82) is 0 Å². The molecule has 1 aliphatic carbocycles. The number of aromatic amines is 1. The van der Waals surface area contributed by atoms with Gasteiger partial charge in [-0.25, -0.2) is 0 Å². The molecule has 1 aromatic carbocycles. The number of para-hydroxylation sites is 1. The van der Waals surface area contributed by atoms with Crippen molar-refractivity contribution in [2.45, 2.75) is 25.4 Å². The number of carbonyl (C=O) groups is 2. The van der Waals surface area contributed by atoms with Crippen LogP contribution in [0, 0.1) is 11.8 Å². The average Bonchev–Trinajstić information content (AvgIpc) is 3.22. The van der Waals surface area contributed by atoms with Crippen molar-refractivity contribution < 1.29 is 11.0 Å². The highest BCUT2D eigenvalue weighted by Crippen LogP contribution is 2.49. The van der Waals surface area contributed by atoms with Gasteiger partial charge in [0.1, 0.15) is 5.69 Å². The van der Waals surface area contributed by atoms with Crippen LogP contribution < -0.4 is 10.6 Å². The number of hydrogen-bond donors (Lipinski definition) is 3. The Morgan fingerprint density at radius 2 is 2.03 bits per heavy atom. The lowest BCUT2D eigenvalue weighted by molar-refractivity contribution is 0.0707. The standard InChI is InChI=1S/C28H29N5O2.H2/c1-17(18(2)30-27(34)25-13-19-7-3-4-9-24(19)31-25)29-14-26-23-12-20(23)16-33(26)28(35)21-11-22-8-5-6-10-32(22)15-21;/h3-11,13,15,18,20,23,26,29,31H,1,12,14,16H2,2H3,(H,30,34);1H/t18-,20?,23?,26?;/m0./s1. The van der Waals surface area contributed by atoms with Gasteiger partial charge in [-0.2, -0.15) is 0 Å². The number of rotatable bonds is 7. The first-order valence-corrected chi connectivity index (χ1v) is 12.2. The normalized spacial score (nSPS) is 21.6. The van der Waals surface area contributed by atoms with Crippen LogP contribution in [0.1, 0.15) is 35.6 Å². The minimum absolute atomic E-state index is 0. The van der Waals surface area contributed by atoms with E-state index >= 15 is 0 Å². The molecule has 2 amide bonds. The summed E-state index contributed by atoms with van der Waals surface area (Å²) in [6, 6.07) is 17.4. The van der Waals surface area contributed by atoms with Gasteiger partial charge in [-0.15, -0.1) is 0 Å². The fourth-order valence-corrected chi connectivity index (χ4v) is 5.35. The van der Waals surface area contributed by atoms with Crippen molar-refractivity contribution in [2.24, 2.45) is 11.8 Å². The van der Waals surface area contributed by atoms with E-state index in [-0.39, 0.29) is 25.3 Å². The van der Waals surface area contributed by atoms with E-state index in [1.165, 1.54) is 6.42 Å². The van der Waals surface area contributed by atoms with Gasteiger partial charge < -0.3 is 24.9 Å². The van der Waals surface area contributed by atoms with Crippen LogP contribution in [-0.4, -0.2) is 51.3 Å². The van der Waals surface area contributed by atoms with Crippen LogP contribution in [0.25, 0.3) is 16.4 Å². The molecule has 3 unspecified atom stereocenters. The minimum atomic E-state index is -0.258. The highest BCUT2D eigenvalue weighted by atomic mass is 16.2. The number of fused-ring (bicyclic) bond motifs is 3. The van der Waals surface area contributed by atoms with E-state index in [2.05, 4.69) is 22.2 Å². The first-order valence-electron chi connectivity index (χ1n) is 12.2. The number of hydrogen-bond acceptors (Lipinski definition) is 3. The summed E-state index contributed by atoms with van der Waals surface area (Å²) in [5.74, 6) is 1.04. The number of piperidine rings is 1. The molecular weight excluding hydrogens is 438 g/mol. The molecule has 2 fully saturated rings. The molecule has 4 atom stereocenters. The van der Waals surface area contributed by atoms with Crippen LogP contribution in [0.15, 0.2) is 79.3 Å². The lowest BCUT2D eigenvalue weighted by atomic mass is 10.1. The second kappa shape index (κ2) is 8.34. The maximum Gasteiger partial charge on any atom is 0.268 e. The van der Waals surface area contributed by atoms with Gasteiger partial charge >= 0.3 is 0 Å². The average molecular weight is 470 g/mol. The van der Waals surface area contributed by atoms with E-state index < -0.39 is 0 Å². The summed E-state index contributed by atoms with van der Waals surface area (Å²) in [5, 5.41) is 7.43. The number of likely N-dealkylation sites (tertiary alicyclic amines) is 1. The van der Waals surface area contributed by atoms with E-state index in [4.69, 9.17) is 0 Å². The SMILES string of the molecule is C=C(NCC1C2CC2CN1C(=O)c1cc2ccccn2c1)[C@H](C)NC(=O)c1cc2ccccc2[nH]1.[HH]. The maximum atomic E-state index is 13.3. The molecule has 35 heavy (non-hydrogen) atoms. The molecule has 1 saturated carbocycles. The second-order valence-electron chi connectivity index (χ2n) is 9.82. The summed E-state index contributed by atoms with van der Waals surface area (Å²) >= 11 is 0. The zero-order valence-electron chi connectivity index (χ0n) is 19.7. The number of nitrogens with zero attached hydrogens (tertiary/aromatic N) is 2. The Hall–Kier alpha value is -4.00. The molecule has 180 valence electrons. The Balaban J connectivity index is 0.00000267. The third kappa shape index (κ3) is 3.97. The number of aromatic nitrogens is 2. The van der Waals surface area contributed by atoms with Crippen LogP contribution in [0.2, 0.25) is 0 Å². The van der Waals surface area contributed by atoms with Crippen molar-refractivity contribution in [2.75, 3.05) is 13.1 Å². The van der Waals surface area contributed by atoms with Crippen LogP contribution in [0.3, 0.4) is 0 Å². The van der Waals surface area contributed by atoms with E-state index in [0.29, 0.717) is 24.1 Å². The summed E-state index contributed by atoms with van der Waals surface area (Å²) in [6.45, 7) is 7.51. The number of benzene rings is 1. The summed E-state index contributed by atoms with van der Waals surface area (Å²) in [7, 11) is 0. The van der Waals surface area contributed by atoms with Gasteiger partial charge in [-0.1, -0.05) is 30.8 Å². The minimum Gasteiger partial charge on any atom is -0.385 e. The predicted octanol–water partition coefficient (Wildman–Crippen LogP) is 4.05. The Morgan fingerprint density at radius 1 is 1.20 bits per heavy atom. The Kier molecular flexibility index (Phi) is 5.13. The van der Waals surface area contributed by atoms with Crippen LogP contribution >= 0.6 is 0 Å². The topological polar surface area (TPSA) is 81.6 Å². The van der Waals surface area contributed by atoms with E-state index in [9.17, 15) is 9.59 Å². The van der Waals surface area contributed by atoms with Crippen molar-refractivity contribution >= 4 is 28.2 Å². The molecule has 7 nitrogen and oxygen atoms in total. The molecule has 7 heteroatoms. The quantitative estimate of drug-likeness (QED) is 0.382. The third-order valence-corrected chi connectivity index (χ3v) is 7.50. The van der Waals surface area contributed by atoms with Crippen LogP contribution in [-0.2, 0) is 0 Å². The lowest BCUT2D eigenvalue weighted by Crippen LogP contribution is -2.46. The van der Waals surface area contributed by atoms with Crippen molar-refractivity contribution in [1.82, 2.24) is 24.9 Å². The zero-order chi connectivity index (χ0) is 24.1. The number of nitrogens with one attached hydrogen (secondary N) is 3. The molecule has 4 heterocycles. The van der Waals surface area contributed by atoms with Gasteiger partial charge in [0.15, 0.2) is 0 Å². The van der Waals surface area contributed by atoms with Crippen molar-refractivity contribution in [3.8, 4) is 0 Å². The monoisotopic (exact) mass is 469 g/mol. The molecule has 1 aliphatic heterocycles. The molecular formula is C28H31N5O2. The molecule has 1 saturated heterocycles. The fourth-order valence-electron chi connectivity index (χ4n) is 5.35. The number of carbonyl (C=O) groups excluding carboxylic acids is 2. The van der Waals surface area contributed by atoms with E-state index in [0.717, 1.165) is 34.2 Å². The highest BCUT2D eigenvalue weighted by molar-refractivity contribution is 5.98. The molecule has 0 bridgehead atoms. The van der Waals surface area contributed by atoms with Crippen molar-refractivity contribution in [3.63, 3.8) is 0 Å². The lowest BCUT2D eigenvalue weighted by Gasteiger charge is -2.29. The maximum absolute atomic E-state index is 13.3. The molecule has 0 spiro atoms. The van der Waals surface area contributed by atoms with Gasteiger partial charge in [0.2, 0.25) is 0 Å². The van der Waals surface area contributed by atoms with Crippen LogP contribution in [0.5, 0.6) is 0 Å². The summed E-state index contributed by atoms with van der Waals surface area (Å²) in [5.41, 5.74) is 3.94. The van der Waals surface area contributed by atoms with Gasteiger partial charge in [0.05, 0.1) is 17.6 Å². The summed E-state index contributed by atoms with van der Waals surface area (Å²) in [6.07, 6.45) is 5.04. The predicted molar refractivity (Wildman–Crippen MR) is 138 cm³/mol. The third-order valence-electron chi connectivity index (χ3n) is 7.50. The summed E-state index contributed by atoms with van der Waals surface area (Å²) < 4.78 is 1.98. The van der Waals surface area contributed by atoms with E-state index in [1.54, 1.807) is 0 Å². The van der Waals surface area contributed by atoms with Gasteiger partial charge in [0.25, 0.3) is 11.8 Å². The smallest absolute Gasteiger partial charge is 0.268 e. The first kappa shape index (κ1) is 21.5. The number of H-pyrrole nitrogens is 1. The molecule has 6 rings (SSSR count). The Labute approximate surface area is 205 Å². The largest absolute Gasteiger partial charge is 0.385 e. The molecule has 3 aromatic heterocycles. The highest BCUT2D eigenvalue weighted by Gasteiger charge is 2.53. The Morgan fingerprint density at radius 3 is 2.86 bits per heavy atom. The number of pyridine rings is 1. The van der Waals surface area contributed by atoms with Gasteiger partial charge in [-0.05, 0) is 55.5 Å².